The third-order valence-corrected chi connectivity index (χ3v) is 2.27. The third-order valence-electron chi connectivity index (χ3n) is 2.27. The Labute approximate surface area is 111 Å². The molecule has 1 rings (SSSR count). The van der Waals surface area contributed by atoms with Crippen molar-refractivity contribution in [2.75, 3.05) is 18.5 Å². The number of hydrogen-bond acceptors (Lipinski definition) is 4. The molecule has 1 aromatic rings. The van der Waals surface area contributed by atoms with Crippen LogP contribution in [0, 0.1) is 6.92 Å². The summed E-state index contributed by atoms with van der Waals surface area (Å²) < 4.78 is 10.0. The molecule has 19 heavy (non-hydrogen) atoms. The van der Waals surface area contributed by atoms with E-state index in [0.29, 0.717) is 6.61 Å². The number of aryl methyl sites for hydroxylation is 1. The predicted octanol–water partition coefficient (Wildman–Crippen LogP) is 2.66. The molecular weight excluding hydrogens is 250 g/mol. The van der Waals surface area contributed by atoms with E-state index in [2.05, 4.69) is 5.32 Å². The number of hydrogen-bond donors (Lipinski definition) is 2. The number of carboxylic acid groups (broad SMARTS) is 1. The van der Waals surface area contributed by atoms with Gasteiger partial charge in [-0.25, -0.2) is 9.59 Å². The number of benzene rings is 1. The van der Waals surface area contributed by atoms with Crippen molar-refractivity contribution in [1.82, 2.24) is 0 Å². The molecule has 0 atom stereocenters. The van der Waals surface area contributed by atoms with Crippen LogP contribution in [0.15, 0.2) is 12.1 Å². The smallest absolute Gasteiger partial charge is 0.411 e. The number of carbonyl (C=O) groups excluding carboxylic acids is 1. The van der Waals surface area contributed by atoms with Crippen molar-refractivity contribution in [3.05, 3.63) is 23.3 Å². The first-order valence-corrected chi connectivity index (χ1v) is 5.94. The van der Waals surface area contributed by atoms with E-state index in [1.165, 1.54) is 0 Å². The average Bonchev–Trinajstić information content (AvgIpc) is 2.28. The predicted molar refractivity (Wildman–Crippen MR) is 70.0 cm³/mol. The molecule has 0 bridgehead atoms. The van der Waals surface area contributed by atoms with E-state index in [1.807, 2.05) is 0 Å². The summed E-state index contributed by atoms with van der Waals surface area (Å²) >= 11 is 0. The van der Waals surface area contributed by atoms with Crippen molar-refractivity contribution >= 4 is 17.7 Å². The summed E-state index contributed by atoms with van der Waals surface area (Å²) in [6.45, 7) is 5.75. The Morgan fingerprint density at radius 2 is 1.95 bits per heavy atom. The first-order chi connectivity index (χ1) is 8.99. The van der Waals surface area contributed by atoms with E-state index >= 15 is 0 Å². The second-order valence-corrected chi connectivity index (χ2v) is 3.77. The minimum absolute atomic E-state index is 0.0829. The lowest BCUT2D eigenvalue weighted by molar-refractivity contribution is 0.0694. The summed E-state index contributed by atoms with van der Waals surface area (Å²) in [7, 11) is 0. The molecule has 104 valence electrons. The largest absolute Gasteiger partial charge is 0.493 e. The van der Waals surface area contributed by atoms with E-state index in [1.54, 1.807) is 32.9 Å². The number of ether oxygens (including phenoxy) is 2. The van der Waals surface area contributed by atoms with Gasteiger partial charge in [0.1, 0.15) is 11.3 Å². The molecule has 0 aliphatic heterocycles. The normalized spacial score (nSPS) is 9.84. The second-order valence-electron chi connectivity index (χ2n) is 3.77. The maximum absolute atomic E-state index is 11.4. The average molecular weight is 267 g/mol. The van der Waals surface area contributed by atoms with Crippen LogP contribution in [-0.4, -0.2) is 30.4 Å². The molecule has 2 N–H and O–H groups in total. The first-order valence-electron chi connectivity index (χ1n) is 5.94. The Balaban J connectivity index is 3.20. The molecule has 0 unspecified atom stereocenters. The van der Waals surface area contributed by atoms with Gasteiger partial charge in [-0.05, 0) is 38.5 Å². The topological polar surface area (TPSA) is 84.9 Å². The lowest BCUT2D eigenvalue weighted by atomic mass is 10.1. The Morgan fingerprint density at radius 1 is 1.26 bits per heavy atom. The van der Waals surface area contributed by atoms with Crippen molar-refractivity contribution in [2.24, 2.45) is 0 Å². The molecule has 0 aliphatic rings. The van der Waals surface area contributed by atoms with Gasteiger partial charge in [0.25, 0.3) is 0 Å². The maximum Gasteiger partial charge on any atom is 0.411 e. The van der Waals surface area contributed by atoms with Gasteiger partial charge in [0.05, 0.1) is 18.9 Å². The standard InChI is InChI=1S/C13H17NO5/c1-4-18-10-7-8(3)6-9(11(10)12(15)16)14-13(17)19-5-2/h6-7H,4-5H2,1-3H3,(H,14,17)(H,15,16). The summed E-state index contributed by atoms with van der Waals surface area (Å²) in [5.41, 5.74) is 0.857. The first kappa shape index (κ1) is 14.8. The SMILES string of the molecule is CCOC(=O)Nc1cc(C)cc(OCC)c1C(=O)O. The molecule has 1 aromatic carbocycles. The zero-order chi connectivity index (χ0) is 14.4. The molecule has 6 nitrogen and oxygen atoms in total. The molecule has 0 fully saturated rings. The number of carboxylic acids is 1. The number of amides is 1. The molecule has 0 saturated heterocycles. The van der Waals surface area contributed by atoms with Gasteiger partial charge >= 0.3 is 12.1 Å². The molecular formula is C13H17NO5. The van der Waals surface area contributed by atoms with Crippen LogP contribution in [0.4, 0.5) is 10.5 Å². The van der Waals surface area contributed by atoms with Crippen LogP contribution in [0.2, 0.25) is 0 Å². The van der Waals surface area contributed by atoms with E-state index in [0.717, 1.165) is 5.56 Å². The fourth-order valence-electron chi connectivity index (χ4n) is 1.62. The molecule has 0 aromatic heterocycles. The van der Waals surface area contributed by atoms with Crippen molar-refractivity contribution in [3.63, 3.8) is 0 Å². The third kappa shape index (κ3) is 3.87. The molecule has 0 radical (unpaired) electrons. The molecule has 1 amide bonds. The van der Waals surface area contributed by atoms with E-state index in [-0.39, 0.29) is 23.6 Å². The molecule has 0 saturated carbocycles. The van der Waals surface area contributed by atoms with Crippen LogP contribution < -0.4 is 10.1 Å². The fourth-order valence-corrected chi connectivity index (χ4v) is 1.62. The van der Waals surface area contributed by atoms with Crippen LogP contribution in [0.1, 0.15) is 29.8 Å². The van der Waals surface area contributed by atoms with Crippen molar-refractivity contribution in [1.29, 1.82) is 0 Å². The Morgan fingerprint density at radius 3 is 2.47 bits per heavy atom. The van der Waals surface area contributed by atoms with Gasteiger partial charge in [-0.3, -0.25) is 5.32 Å². The number of rotatable bonds is 5. The minimum Gasteiger partial charge on any atom is -0.493 e. The maximum atomic E-state index is 11.4. The Hall–Kier alpha value is -2.24. The van der Waals surface area contributed by atoms with Gasteiger partial charge in [-0.2, -0.15) is 0 Å². The van der Waals surface area contributed by atoms with E-state index < -0.39 is 12.1 Å². The number of anilines is 1. The molecule has 0 aliphatic carbocycles. The summed E-state index contributed by atoms with van der Waals surface area (Å²) in [5, 5.41) is 11.6. The summed E-state index contributed by atoms with van der Waals surface area (Å²) in [4.78, 5) is 22.7. The highest BCUT2D eigenvalue weighted by atomic mass is 16.5. The second kappa shape index (κ2) is 6.63. The highest BCUT2D eigenvalue weighted by Gasteiger charge is 2.19. The minimum atomic E-state index is -1.17. The number of nitrogens with one attached hydrogen (secondary N) is 1. The molecule has 0 spiro atoms. The van der Waals surface area contributed by atoms with Gasteiger partial charge in [0.15, 0.2) is 0 Å². The monoisotopic (exact) mass is 267 g/mol. The van der Waals surface area contributed by atoms with E-state index in [9.17, 15) is 14.7 Å². The Bertz CT molecular complexity index is 484. The fraction of sp³-hybridized carbons (Fsp3) is 0.385. The summed E-state index contributed by atoms with van der Waals surface area (Å²) in [5.74, 6) is -0.947. The van der Waals surface area contributed by atoms with Crippen LogP contribution >= 0.6 is 0 Å². The number of aromatic carboxylic acids is 1. The van der Waals surface area contributed by atoms with E-state index in [4.69, 9.17) is 9.47 Å². The lowest BCUT2D eigenvalue weighted by Crippen LogP contribution is -2.17. The van der Waals surface area contributed by atoms with Gasteiger partial charge in [-0.15, -0.1) is 0 Å². The molecule has 0 heterocycles. The van der Waals surface area contributed by atoms with Gasteiger partial charge < -0.3 is 14.6 Å². The zero-order valence-electron chi connectivity index (χ0n) is 11.1. The highest BCUT2D eigenvalue weighted by Crippen LogP contribution is 2.29. The van der Waals surface area contributed by atoms with Gasteiger partial charge in [-0.1, -0.05) is 0 Å². The van der Waals surface area contributed by atoms with Crippen LogP contribution in [0.5, 0.6) is 5.75 Å². The zero-order valence-corrected chi connectivity index (χ0v) is 11.1. The summed E-state index contributed by atoms with van der Waals surface area (Å²) in [6.07, 6.45) is -0.696. The number of carbonyl (C=O) groups is 2. The van der Waals surface area contributed by atoms with Crippen molar-refractivity contribution in [2.45, 2.75) is 20.8 Å². The van der Waals surface area contributed by atoms with Gasteiger partial charge in [0, 0.05) is 0 Å². The van der Waals surface area contributed by atoms with Crippen molar-refractivity contribution < 1.29 is 24.2 Å². The quantitative estimate of drug-likeness (QED) is 0.856. The van der Waals surface area contributed by atoms with Crippen LogP contribution in [0.3, 0.4) is 0 Å². The summed E-state index contributed by atoms with van der Waals surface area (Å²) in [6, 6.07) is 3.17. The Kier molecular flexibility index (Phi) is 5.17. The molecule has 6 heteroatoms. The van der Waals surface area contributed by atoms with Crippen molar-refractivity contribution in [3.8, 4) is 5.75 Å². The van der Waals surface area contributed by atoms with Crippen LogP contribution in [0.25, 0.3) is 0 Å². The highest BCUT2D eigenvalue weighted by molar-refractivity contribution is 6.01. The van der Waals surface area contributed by atoms with Crippen LogP contribution in [-0.2, 0) is 4.74 Å². The van der Waals surface area contributed by atoms with Gasteiger partial charge in [0.2, 0.25) is 0 Å². The lowest BCUT2D eigenvalue weighted by Gasteiger charge is -2.14.